The van der Waals surface area contributed by atoms with Crippen molar-refractivity contribution in [1.82, 2.24) is 9.97 Å². The normalized spacial score (nSPS) is 11.4. The molecule has 0 saturated carbocycles. The molecule has 1 N–H and O–H groups in total. The predicted molar refractivity (Wildman–Crippen MR) is 75.4 cm³/mol. The Bertz CT molecular complexity index is 935. The molecule has 0 aliphatic rings. The standard InChI is InChI=1S/C14H8N2O2S/c17-14-12-11(8-4-1-2-5-9(8)18-14)15-13(16-12)10-6-3-7-19-10/h1-7H,(H,15,16). The van der Waals surface area contributed by atoms with Gasteiger partial charge in [0.25, 0.3) is 0 Å². The Hall–Kier alpha value is -2.40. The number of thiophene rings is 1. The first-order valence-corrected chi connectivity index (χ1v) is 6.66. The summed E-state index contributed by atoms with van der Waals surface area (Å²) in [7, 11) is 0. The van der Waals surface area contributed by atoms with Crippen LogP contribution in [0.15, 0.2) is 51.0 Å². The molecule has 0 fully saturated rings. The molecule has 4 nitrogen and oxygen atoms in total. The van der Waals surface area contributed by atoms with Crippen LogP contribution in [0.2, 0.25) is 0 Å². The van der Waals surface area contributed by atoms with Crippen LogP contribution in [-0.4, -0.2) is 9.97 Å². The van der Waals surface area contributed by atoms with Gasteiger partial charge in [-0.2, -0.15) is 0 Å². The van der Waals surface area contributed by atoms with Crippen molar-refractivity contribution < 1.29 is 4.42 Å². The summed E-state index contributed by atoms with van der Waals surface area (Å²) in [6, 6.07) is 11.3. The monoisotopic (exact) mass is 268 g/mol. The second-order valence-electron chi connectivity index (χ2n) is 4.17. The summed E-state index contributed by atoms with van der Waals surface area (Å²) >= 11 is 1.58. The lowest BCUT2D eigenvalue weighted by Gasteiger charge is -1.95. The average molecular weight is 268 g/mol. The highest BCUT2D eigenvalue weighted by Gasteiger charge is 2.13. The van der Waals surface area contributed by atoms with Crippen molar-refractivity contribution in [3.63, 3.8) is 0 Å². The van der Waals surface area contributed by atoms with Crippen LogP contribution in [0.25, 0.3) is 32.7 Å². The van der Waals surface area contributed by atoms with Gasteiger partial charge in [-0.15, -0.1) is 11.3 Å². The molecule has 0 spiro atoms. The molecule has 5 heteroatoms. The number of fused-ring (bicyclic) bond motifs is 3. The van der Waals surface area contributed by atoms with Crippen molar-refractivity contribution in [3.05, 3.63) is 52.2 Å². The summed E-state index contributed by atoms with van der Waals surface area (Å²) in [5, 5.41) is 2.82. The Morgan fingerprint density at radius 2 is 2.05 bits per heavy atom. The number of hydrogen-bond acceptors (Lipinski definition) is 4. The largest absolute Gasteiger partial charge is 0.421 e. The number of hydrogen-bond donors (Lipinski definition) is 1. The lowest BCUT2D eigenvalue weighted by atomic mass is 10.2. The first-order valence-electron chi connectivity index (χ1n) is 5.78. The van der Waals surface area contributed by atoms with E-state index in [1.54, 1.807) is 17.4 Å². The molecule has 0 aliphatic carbocycles. The van der Waals surface area contributed by atoms with Gasteiger partial charge in [0.2, 0.25) is 0 Å². The highest BCUT2D eigenvalue weighted by Crippen LogP contribution is 2.26. The molecule has 92 valence electrons. The first-order chi connectivity index (χ1) is 9.33. The maximum atomic E-state index is 11.9. The van der Waals surface area contributed by atoms with Crippen molar-refractivity contribution in [1.29, 1.82) is 0 Å². The van der Waals surface area contributed by atoms with Crippen molar-refractivity contribution in [2.45, 2.75) is 0 Å². The number of aromatic nitrogens is 2. The average Bonchev–Trinajstić information content (AvgIpc) is 3.08. The molecule has 4 aromatic rings. The summed E-state index contributed by atoms with van der Waals surface area (Å²) in [4.78, 5) is 20.5. The molecule has 0 saturated heterocycles. The molecule has 19 heavy (non-hydrogen) atoms. The zero-order chi connectivity index (χ0) is 12.8. The highest BCUT2D eigenvalue weighted by atomic mass is 32.1. The van der Waals surface area contributed by atoms with Crippen LogP contribution in [0.3, 0.4) is 0 Å². The molecule has 0 radical (unpaired) electrons. The van der Waals surface area contributed by atoms with Gasteiger partial charge in [0.1, 0.15) is 16.9 Å². The van der Waals surface area contributed by atoms with Gasteiger partial charge >= 0.3 is 5.63 Å². The van der Waals surface area contributed by atoms with Crippen molar-refractivity contribution in [2.24, 2.45) is 0 Å². The third kappa shape index (κ3) is 1.52. The molecule has 3 aromatic heterocycles. The smallest absolute Gasteiger partial charge is 0.362 e. The zero-order valence-electron chi connectivity index (χ0n) is 9.71. The number of imidazole rings is 1. The Kier molecular flexibility index (Phi) is 2.10. The van der Waals surface area contributed by atoms with Crippen molar-refractivity contribution >= 4 is 33.3 Å². The third-order valence-corrected chi connectivity index (χ3v) is 3.88. The second kappa shape index (κ2) is 3.80. The molecule has 1 aromatic carbocycles. The molecule has 0 bridgehead atoms. The molecule has 4 rings (SSSR count). The minimum Gasteiger partial charge on any atom is -0.421 e. The van der Waals surface area contributed by atoms with E-state index in [0.29, 0.717) is 22.4 Å². The lowest BCUT2D eigenvalue weighted by Crippen LogP contribution is -1.99. The van der Waals surface area contributed by atoms with Crippen LogP contribution in [0.5, 0.6) is 0 Å². The summed E-state index contributed by atoms with van der Waals surface area (Å²) in [6.45, 7) is 0. The minimum absolute atomic E-state index is 0.385. The molecule has 0 amide bonds. The Labute approximate surface area is 111 Å². The highest BCUT2D eigenvalue weighted by molar-refractivity contribution is 7.13. The van der Waals surface area contributed by atoms with E-state index in [4.69, 9.17) is 4.42 Å². The molecular formula is C14H8N2O2S. The van der Waals surface area contributed by atoms with Gasteiger partial charge in [-0.05, 0) is 23.6 Å². The van der Waals surface area contributed by atoms with Crippen LogP contribution in [0, 0.1) is 0 Å². The minimum atomic E-state index is -0.385. The van der Waals surface area contributed by atoms with E-state index >= 15 is 0 Å². The van der Waals surface area contributed by atoms with E-state index in [0.717, 1.165) is 10.3 Å². The van der Waals surface area contributed by atoms with Crippen LogP contribution in [-0.2, 0) is 0 Å². The quantitative estimate of drug-likeness (QED) is 0.538. The predicted octanol–water partition coefficient (Wildman–Crippen LogP) is 3.40. The SMILES string of the molecule is O=c1oc2ccccc2c2nc(-c3cccs3)[nH]c12. The molecular weight excluding hydrogens is 260 g/mol. The number of para-hydroxylation sites is 1. The van der Waals surface area contributed by atoms with Crippen LogP contribution in [0.4, 0.5) is 0 Å². The van der Waals surface area contributed by atoms with Gasteiger partial charge in [-0.1, -0.05) is 18.2 Å². The number of benzene rings is 1. The van der Waals surface area contributed by atoms with Crippen LogP contribution >= 0.6 is 11.3 Å². The molecule has 0 aliphatic heterocycles. The van der Waals surface area contributed by atoms with E-state index in [9.17, 15) is 4.79 Å². The fourth-order valence-electron chi connectivity index (χ4n) is 2.15. The second-order valence-corrected chi connectivity index (χ2v) is 5.12. The fourth-order valence-corrected chi connectivity index (χ4v) is 2.82. The number of rotatable bonds is 1. The van der Waals surface area contributed by atoms with Gasteiger partial charge in [-0.3, -0.25) is 0 Å². The van der Waals surface area contributed by atoms with Gasteiger partial charge in [-0.25, -0.2) is 9.78 Å². The molecule has 0 atom stereocenters. The molecule has 0 unspecified atom stereocenters. The van der Waals surface area contributed by atoms with Crippen molar-refractivity contribution in [2.75, 3.05) is 0 Å². The number of H-pyrrole nitrogens is 1. The number of nitrogens with one attached hydrogen (secondary N) is 1. The number of aromatic amines is 1. The van der Waals surface area contributed by atoms with Gasteiger partial charge < -0.3 is 9.40 Å². The lowest BCUT2D eigenvalue weighted by molar-refractivity contribution is 0.568. The maximum absolute atomic E-state index is 11.9. The van der Waals surface area contributed by atoms with E-state index in [-0.39, 0.29) is 5.63 Å². The summed E-state index contributed by atoms with van der Waals surface area (Å²) < 4.78 is 5.28. The fraction of sp³-hybridized carbons (Fsp3) is 0. The topological polar surface area (TPSA) is 58.9 Å². The maximum Gasteiger partial charge on any atom is 0.362 e. The van der Waals surface area contributed by atoms with Gasteiger partial charge in [0.15, 0.2) is 5.52 Å². The first kappa shape index (κ1) is 10.5. The third-order valence-electron chi connectivity index (χ3n) is 3.01. The van der Waals surface area contributed by atoms with E-state index in [1.807, 2.05) is 35.7 Å². The van der Waals surface area contributed by atoms with Gasteiger partial charge in [0.05, 0.1) is 4.88 Å². The number of nitrogens with zero attached hydrogens (tertiary/aromatic N) is 1. The van der Waals surface area contributed by atoms with E-state index in [2.05, 4.69) is 9.97 Å². The van der Waals surface area contributed by atoms with E-state index in [1.165, 1.54) is 0 Å². The zero-order valence-corrected chi connectivity index (χ0v) is 10.5. The Morgan fingerprint density at radius 1 is 1.16 bits per heavy atom. The molecule has 3 heterocycles. The van der Waals surface area contributed by atoms with Crippen LogP contribution < -0.4 is 5.63 Å². The Morgan fingerprint density at radius 3 is 2.89 bits per heavy atom. The van der Waals surface area contributed by atoms with Crippen LogP contribution in [0.1, 0.15) is 0 Å². The Balaban J connectivity index is 2.16. The summed E-state index contributed by atoms with van der Waals surface area (Å²) in [5.74, 6) is 0.702. The van der Waals surface area contributed by atoms with E-state index < -0.39 is 0 Å². The summed E-state index contributed by atoms with van der Waals surface area (Å²) in [6.07, 6.45) is 0. The van der Waals surface area contributed by atoms with Gasteiger partial charge in [0, 0.05) is 5.39 Å². The van der Waals surface area contributed by atoms with Crippen molar-refractivity contribution in [3.8, 4) is 10.7 Å². The summed E-state index contributed by atoms with van der Waals surface area (Å²) in [5.41, 5.74) is 1.26.